The van der Waals surface area contributed by atoms with Crippen LogP contribution in [-0.2, 0) is 9.59 Å². The van der Waals surface area contributed by atoms with Crippen molar-refractivity contribution in [1.29, 1.82) is 0 Å². The maximum absolute atomic E-state index is 13.0. The van der Waals surface area contributed by atoms with Gasteiger partial charge in [0.2, 0.25) is 17.8 Å². The fourth-order valence-electron chi connectivity index (χ4n) is 3.61. The monoisotopic (exact) mass is 400 g/mol. The third-order valence-corrected chi connectivity index (χ3v) is 5.36. The Kier molecular flexibility index (Phi) is 4.80. The van der Waals surface area contributed by atoms with Gasteiger partial charge in [-0.25, -0.2) is 0 Å². The van der Waals surface area contributed by atoms with Gasteiger partial charge in [-0.05, 0) is 37.5 Å². The molecular formula is C19H21ClN6O2. The number of nitrogens with zero attached hydrogens (tertiary/aromatic N) is 3. The molecule has 0 unspecified atom stereocenters. The number of nitrogens with two attached hydrogens (primary N) is 1. The number of carbonyl (C=O) groups is 2. The van der Waals surface area contributed by atoms with Gasteiger partial charge in [0.25, 0.3) is 0 Å². The Morgan fingerprint density at radius 2 is 2.07 bits per heavy atom. The molecule has 8 nitrogen and oxygen atoms in total. The first-order valence-electron chi connectivity index (χ1n) is 9.21. The first kappa shape index (κ1) is 18.5. The second-order valence-corrected chi connectivity index (χ2v) is 7.56. The Morgan fingerprint density at radius 3 is 2.82 bits per heavy atom. The van der Waals surface area contributed by atoms with E-state index in [2.05, 4.69) is 20.6 Å². The molecule has 1 saturated heterocycles. The third kappa shape index (κ3) is 3.47. The summed E-state index contributed by atoms with van der Waals surface area (Å²) < 4.78 is 0. The van der Waals surface area contributed by atoms with Crippen LogP contribution >= 0.6 is 11.6 Å². The molecular weight excluding hydrogens is 380 g/mol. The summed E-state index contributed by atoms with van der Waals surface area (Å²) in [5, 5.41) is 6.10. The van der Waals surface area contributed by atoms with Crippen LogP contribution in [0.3, 0.4) is 0 Å². The zero-order valence-electron chi connectivity index (χ0n) is 15.5. The predicted molar refractivity (Wildman–Crippen MR) is 109 cm³/mol. The van der Waals surface area contributed by atoms with Crippen LogP contribution in [0.2, 0.25) is 5.02 Å². The summed E-state index contributed by atoms with van der Waals surface area (Å²) in [7, 11) is 0. The van der Waals surface area contributed by atoms with Crippen LogP contribution in [0, 0.1) is 6.92 Å². The minimum absolute atomic E-state index is 0.0188. The van der Waals surface area contributed by atoms with Crippen molar-refractivity contribution < 1.29 is 9.59 Å². The van der Waals surface area contributed by atoms with Crippen LogP contribution in [0.25, 0.3) is 0 Å². The number of fused-ring (bicyclic) bond motifs is 1. The fourth-order valence-corrected chi connectivity index (χ4v) is 3.79. The van der Waals surface area contributed by atoms with E-state index in [4.69, 9.17) is 17.3 Å². The Morgan fingerprint density at radius 1 is 1.32 bits per heavy atom. The number of benzene rings is 1. The molecule has 0 spiro atoms. The number of carbonyl (C=O) groups excluding carboxylic acids is 2. The van der Waals surface area contributed by atoms with Crippen molar-refractivity contribution in [2.75, 3.05) is 34.4 Å². The SMILES string of the molecule is Cc1ccc(Cl)cc1NC(=O)[C@H]1CC(=O)Nc2nc(N3CCCC3)nc(N)c21. The minimum Gasteiger partial charge on any atom is -0.383 e. The molecule has 0 radical (unpaired) electrons. The number of aromatic nitrogens is 2. The number of rotatable bonds is 3. The highest BCUT2D eigenvalue weighted by atomic mass is 35.5. The normalized spacial score (nSPS) is 18.6. The molecule has 0 bridgehead atoms. The molecule has 9 heteroatoms. The molecule has 2 aromatic rings. The maximum Gasteiger partial charge on any atom is 0.232 e. The summed E-state index contributed by atoms with van der Waals surface area (Å²) in [6, 6.07) is 5.25. The number of hydrogen-bond acceptors (Lipinski definition) is 6. The fraction of sp³-hybridized carbons (Fsp3) is 0.368. The minimum atomic E-state index is -0.769. The van der Waals surface area contributed by atoms with Crippen LogP contribution in [0.5, 0.6) is 0 Å². The molecule has 28 heavy (non-hydrogen) atoms. The summed E-state index contributed by atoms with van der Waals surface area (Å²) in [6.45, 7) is 3.57. The Labute approximate surface area is 167 Å². The lowest BCUT2D eigenvalue weighted by atomic mass is 9.91. The second kappa shape index (κ2) is 7.27. The van der Waals surface area contributed by atoms with E-state index in [0.29, 0.717) is 28.0 Å². The summed E-state index contributed by atoms with van der Waals surface area (Å²) in [6.07, 6.45) is 2.11. The number of hydrogen-bond donors (Lipinski definition) is 3. The Balaban J connectivity index is 1.67. The van der Waals surface area contributed by atoms with Crippen molar-refractivity contribution in [3.63, 3.8) is 0 Å². The number of nitrogens with one attached hydrogen (secondary N) is 2. The molecule has 4 rings (SSSR count). The third-order valence-electron chi connectivity index (χ3n) is 5.12. The van der Waals surface area contributed by atoms with Gasteiger partial charge in [0.05, 0.1) is 11.5 Å². The lowest BCUT2D eigenvalue weighted by Gasteiger charge is -2.27. The molecule has 1 atom stereocenters. The Bertz CT molecular complexity index is 958. The quantitative estimate of drug-likeness (QED) is 0.730. The second-order valence-electron chi connectivity index (χ2n) is 7.12. The summed E-state index contributed by atoms with van der Waals surface area (Å²) in [5.41, 5.74) is 8.12. The molecule has 1 fully saturated rings. The Hall–Kier alpha value is -2.87. The van der Waals surface area contributed by atoms with Crippen molar-refractivity contribution in [2.24, 2.45) is 0 Å². The molecule has 4 N–H and O–H groups in total. The lowest BCUT2D eigenvalue weighted by Crippen LogP contribution is -2.33. The van der Waals surface area contributed by atoms with E-state index < -0.39 is 5.92 Å². The highest BCUT2D eigenvalue weighted by molar-refractivity contribution is 6.31. The van der Waals surface area contributed by atoms with Crippen molar-refractivity contribution in [3.8, 4) is 0 Å². The van der Waals surface area contributed by atoms with Gasteiger partial charge in [0, 0.05) is 30.2 Å². The summed E-state index contributed by atoms with van der Waals surface area (Å²) >= 11 is 6.04. The van der Waals surface area contributed by atoms with Gasteiger partial charge in [-0.3, -0.25) is 9.59 Å². The van der Waals surface area contributed by atoms with E-state index in [9.17, 15) is 9.59 Å². The van der Waals surface area contributed by atoms with Crippen LogP contribution in [-0.4, -0.2) is 34.9 Å². The van der Waals surface area contributed by atoms with Gasteiger partial charge >= 0.3 is 0 Å². The number of aryl methyl sites for hydroxylation is 1. The molecule has 1 aromatic heterocycles. The van der Waals surface area contributed by atoms with E-state index in [0.717, 1.165) is 31.5 Å². The van der Waals surface area contributed by atoms with Gasteiger partial charge in [-0.2, -0.15) is 9.97 Å². The smallest absolute Gasteiger partial charge is 0.232 e. The van der Waals surface area contributed by atoms with Crippen molar-refractivity contribution in [1.82, 2.24) is 9.97 Å². The van der Waals surface area contributed by atoms with Crippen molar-refractivity contribution in [3.05, 3.63) is 34.3 Å². The first-order valence-corrected chi connectivity index (χ1v) is 9.59. The van der Waals surface area contributed by atoms with Gasteiger partial charge in [0.1, 0.15) is 11.6 Å². The maximum atomic E-state index is 13.0. The molecule has 3 heterocycles. The standard InChI is InChI=1S/C19H21ClN6O2/c1-10-4-5-11(20)8-13(10)22-18(28)12-9-14(27)23-17-15(12)16(21)24-19(25-17)26-6-2-3-7-26/h4-5,8,12H,2-3,6-7,9H2,1H3,(H,22,28)(H3,21,23,24,25,27)/t12-/m0/s1. The van der Waals surface area contributed by atoms with Crippen LogP contribution in [0.1, 0.15) is 36.3 Å². The zero-order valence-corrected chi connectivity index (χ0v) is 16.2. The van der Waals surface area contributed by atoms with Crippen molar-refractivity contribution in [2.45, 2.75) is 32.1 Å². The van der Waals surface area contributed by atoms with Crippen LogP contribution in [0.15, 0.2) is 18.2 Å². The summed E-state index contributed by atoms with van der Waals surface area (Å²) in [4.78, 5) is 36.1. The van der Waals surface area contributed by atoms with E-state index in [1.54, 1.807) is 12.1 Å². The van der Waals surface area contributed by atoms with Gasteiger partial charge in [0.15, 0.2) is 0 Å². The number of nitrogen functional groups attached to an aromatic ring is 1. The predicted octanol–water partition coefficient (Wildman–Crippen LogP) is 2.69. The van der Waals surface area contributed by atoms with Gasteiger partial charge in [-0.1, -0.05) is 17.7 Å². The van der Waals surface area contributed by atoms with Gasteiger partial charge < -0.3 is 21.3 Å². The van der Waals surface area contributed by atoms with E-state index in [-0.39, 0.29) is 24.1 Å². The first-order chi connectivity index (χ1) is 13.4. The largest absolute Gasteiger partial charge is 0.383 e. The van der Waals surface area contributed by atoms with E-state index in [1.165, 1.54) is 0 Å². The van der Waals surface area contributed by atoms with Gasteiger partial charge in [-0.15, -0.1) is 0 Å². The molecule has 0 saturated carbocycles. The number of halogens is 1. The van der Waals surface area contributed by atoms with Crippen LogP contribution < -0.4 is 21.3 Å². The molecule has 1 aromatic carbocycles. The molecule has 2 amide bonds. The van der Waals surface area contributed by atoms with E-state index >= 15 is 0 Å². The number of anilines is 4. The average molecular weight is 401 g/mol. The molecule has 2 aliphatic rings. The molecule has 2 aliphatic heterocycles. The lowest BCUT2D eigenvalue weighted by molar-refractivity contribution is -0.123. The zero-order chi connectivity index (χ0) is 19.8. The highest BCUT2D eigenvalue weighted by Gasteiger charge is 2.35. The summed E-state index contributed by atoms with van der Waals surface area (Å²) in [5.74, 6) is -0.370. The van der Waals surface area contributed by atoms with E-state index in [1.807, 2.05) is 17.9 Å². The topological polar surface area (TPSA) is 113 Å². The van der Waals surface area contributed by atoms with Crippen LogP contribution in [0.4, 0.5) is 23.3 Å². The average Bonchev–Trinajstić information content (AvgIpc) is 3.18. The number of amides is 2. The highest BCUT2D eigenvalue weighted by Crippen LogP contribution is 2.37. The molecule has 146 valence electrons. The van der Waals surface area contributed by atoms with Crippen molar-refractivity contribution >= 4 is 46.7 Å². The molecule has 0 aliphatic carbocycles.